The first-order valence-electron chi connectivity index (χ1n) is 10.4. The zero-order valence-corrected chi connectivity index (χ0v) is 17.6. The van der Waals surface area contributed by atoms with Crippen molar-refractivity contribution in [2.24, 2.45) is 0 Å². The van der Waals surface area contributed by atoms with E-state index in [1.54, 1.807) is 7.11 Å². The maximum Gasteiger partial charge on any atom is 0.237 e. The Morgan fingerprint density at radius 1 is 1.17 bits per heavy atom. The summed E-state index contributed by atoms with van der Waals surface area (Å²) in [4.78, 5) is 22.0. The molecule has 1 aromatic carbocycles. The van der Waals surface area contributed by atoms with Crippen LogP contribution in [0.2, 0.25) is 0 Å². The number of fused-ring (bicyclic) bond motifs is 1. The minimum Gasteiger partial charge on any atom is -0.497 e. The molecule has 0 saturated carbocycles. The van der Waals surface area contributed by atoms with Crippen LogP contribution in [0.1, 0.15) is 18.2 Å². The molecule has 3 heterocycles. The Balaban J connectivity index is 1.25. The third-order valence-electron chi connectivity index (χ3n) is 5.73. The number of nitrogens with one attached hydrogen (secondary N) is 1. The molecule has 1 aliphatic rings. The molecule has 0 bridgehead atoms. The zero-order valence-electron chi connectivity index (χ0n) is 17.6. The molecule has 4 rings (SSSR count). The molecule has 2 aromatic heterocycles. The highest BCUT2D eigenvalue weighted by Crippen LogP contribution is 2.14. The van der Waals surface area contributed by atoms with Gasteiger partial charge in [-0.1, -0.05) is 18.2 Å². The topological polar surface area (TPSA) is 62.1 Å². The number of piperazine rings is 1. The van der Waals surface area contributed by atoms with Crippen molar-refractivity contribution in [3.8, 4) is 5.75 Å². The van der Waals surface area contributed by atoms with Gasteiger partial charge in [-0.15, -0.1) is 0 Å². The lowest BCUT2D eigenvalue weighted by Gasteiger charge is -2.37. The van der Waals surface area contributed by atoms with Crippen LogP contribution >= 0.6 is 0 Å². The van der Waals surface area contributed by atoms with Crippen LogP contribution in [0.15, 0.2) is 54.9 Å². The van der Waals surface area contributed by atoms with Crippen LogP contribution in [-0.4, -0.2) is 64.4 Å². The molecule has 0 radical (unpaired) electrons. The number of amides is 1. The smallest absolute Gasteiger partial charge is 0.237 e. The van der Waals surface area contributed by atoms with Gasteiger partial charge in [0.05, 0.1) is 18.8 Å². The van der Waals surface area contributed by atoms with Crippen molar-refractivity contribution < 1.29 is 9.53 Å². The number of ether oxygens (including phenoxy) is 1. The summed E-state index contributed by atoms with van der Waals surface area (Å²) in [7, 11) is 1.65. The SMILES string of the molecule is COc1cccc(CNC(=O)C(C)N2CCN(Cc3cn4ccccc4n3)CC2)c1. The third kappa shape index (κ3) is 4.80. The fourth-order valence-corrected chi connectivity index (χ4v) is 3.89. The van der Waals surface area contributed by atoms with Crippen molar-refractivity contribution in [2.75, 3.05) is 33.3 Å². The maximum absolute atomic E-state index is 12.6. The Morgan fingerprint density at radius 3 is 2.77 bits per heavy atom. The number of nitrogens with zero attached hydrogens (tertiary/aromatic N) is 4. The second kappa shape index (κ2) is 9.28. The standard InChI is InChI=1S/C23H29N5O2/c1-18(23(29)24-15-19-6-5-7-21(14-19)30-2)27-12-10-26(11-13-27)16-20-17-28-9-4-3-8-22(28)25-20/h3-9,14,17-18H,10-13,15-16H2,1-2H3,(H,24,29). The van der Waals surface area contributed by atoms with Gasteiger partial charge in [-0.25, -0.2) is 4.98 Å². The minimum atomic E-state index is -0.145. The number of imidazole rings is 1. The number of hydrogen-bond donors (Lipinski definition) is 1. The summed E-state index contributed by atoms with van der Waals surface area (Å²) in [5.74, 6) is 0.864. The zero-order chi connectivity index (χ0) is 20.9. The van der Waals surface area contributed by atoms with Gasteiger partial charge in [0.2, 0.25) is 5.91 Å². The Kier molecular flexibility index (Phi) is 6.30. The van der Waals surface area contributed by atoms with Gasteiger partial charge in [0, 0.05) is 51.7 Å². The van der Waals surface area contributed by atoms with Crippen molar-refractivity contribution >= 4 is 11.6 Å². The monoisotopic (exact) mass is 407 g/mol. The second-order valence-electron chi connectivity index (χ2n) is 7.76. The van der Waals surface area contributed by atoms with E-state index in [1.807, 2.05) is 55.6 Å². The fraction of sp³-hybridized carbons (Fsp3) is 0.391. The molecule has 30 heavy (non-hydrogen) atoms. The molecular formula is C23H29N5O2. The van der Waals surface area contributed by atoms with Gasteiger partial charge in [-0.05, 0) is 36.8 Å². The quantitative estimate of drug-likeness (QED) is 0.650. The van der Waals surface area contributed by atoms with Gasteiger partial charge in [0.1, 0.15) is 11.4 Å². The van der Waals surface area contributed by atoms with Crippen molar-refractivity contribution in [3.05, 3.63) is 66.1 Å². The first kappa shape index (κ1) is 20.4. The number of methoxy groups -OCH3 is 1. The van der Waals surface area contributed by atoms with Crippen molar-refractivity contribution in [2.45, 2.75) is 26.1 Å². The van der Waals surface area contributed by atoms with Gasteiger partial charge >= 0.3 is 0 Å². The number of benzene rings is 1. The van der Waals surface area contributed by atoms with E-state index in [0.717, 1.165) is 55.4 Å². The van der Waals surface area contributed by atoms with Crippen LogP contribution < -0.4 is 10.1 Å². The molecule has 3 aromatic rings. The van der Waals surface area contributed by atoms with E-state index in [4.69, 9.17) is 4.74 Å². The molecule has 0 spiro atoms. The molecular weight excluding hydrogens is 378 g/mol. The summed E-state index contributed by atoms with van der Waals surface area (Å²) < 4.78 is 7.30. The van der Waals surface area contributed by atoms with Gasteiger partial charge in [-0.2, -0.15) is 0 Å². The van der Waals surface area contributed by atoms with Crippen molar-refractivity contribution in [3.63, 3.8) is 0 Å². The van der Waals surface area contributed by atoms with E-state index in [2.05, 4.69) is 30.7 Å². The Morgan fingerprint density at radius 2 is 2.00 bits per heavy atom. The summed E-state index contributed by atoms with van der Waals surface area (Å²) in [5.41, 5.74) is 3.10. The molecule has 158 valence electrons. The molecule has 7 heteroatoms. The van der Waals surface area contributed by atoms with Gasteiger partial charge < -0.3 is 14.5 Å². The van der Waals surface area contributed by atoms with Crippen LogP contribution in [0.5, 0.6) is 5.75 Å². The number of rotatable bonds is 7. The Labute approximate surface area is 177 Å². The van der Waals surface area contributed by atoms with Gasteiger partial charge in [-0.3, -0.25) is 14.6 Å². The average Bonchev–Trinajstić information content (AvgIpc) is 3.20. The first-order valence-corrected chi connectivity index (χ1v) is 10.4. The van der Waals surface area contributed by atoms with Crippen LogP contribution in [0.25, 0.3) is 5.65 Å². The summed E-state index contributed by atoms with van der Waals surface area (Å²) in [6.45, 7) is 6.95. The highest BCUT2D eigenvalue weighted by molar-refractivity contribution is 5.81. The molecule has 1 saturated heterocycles. The number of carbonyl (C=O) groups is 1. The number of aromatic nitrogens is 2. The molecule has 1 N–H and O–H groups in total. The van der Waals surface area contributed by atoms with Crippen molar-refractivity contribution in [1.29, 1.82) is 0 Å². The van der Waals surface area contributed by atoms with Gasteiger partial charge in [0.15, 0.2) is 0 Å². The molecule has 7 nitrogen and oxygen atoms in total. The van der Waals surface area contributed by atoms with E-state index in [1.165, 1.54) is 0 Å². The summed E-state index contributed by atoms with van der Waals surface area (Å²) >= 11 is 0. The average molecular weight is 408 g/mol. The van der Waals surface area contributed by atoms with Crippen LogP contribution in [-0.2, 0) is 17.9 Å². The van der Waals surface area contributed by atoms with E-state index in [0.29, 0.717) is 6.54 Å². The number of hydrogen-bond acceptors (Lipinski definition) is 5. The first-order chi connectivity index (χ1) is 14.6. The molecule has 1 unspecified atom stereocenters. The Bertz CT molecular complexity index is 961. The molecule has 1 fully saturated rings. The van der Waals surface area contributed by atoms with E-state index < -0.39 is 0 Å². The fourth-order valence-electron chi connectivity index (χ4n) is 3.89. The highest BCUT2D eigenvalue weighted by atomic mass is 16.5. The molecule has 1 amide bonds. The van der Waals surface area contributed by atoms with Crippen molar-refractivity contribution in [1.82, 2.24) is 24.5 Å². The predicted octanol–water partition coefficient (Wildman–Crippen LogP) is 2.17. The number of pyridine rings is 1. The summed E-state index contributed by atoms with van der Waals surface area (Å²) in [6.07, 6.45) is 4.12. The lowest BCUT2D eigenvalue weighted by molar-refractivity contribution is -0.126. The van der Waals surface area contributed by atoms with Crippen LogP contribution in [0.4, 0.5) is 0 Å². The predicted molar refractivity (Wildman–Crippen MR) is 116 cm³/mol. The Hall–Kier alpha value is -2.90. The molecule has 1 aliphatic heterocycles. The van der Waals surface area contributed by atoms with Crippen LogP contribution in [0, 0.1) is 0 Å². The molecule has 1 atom stereocenters. The minimum absolute atomic E-state index is 0.0617. The van der Waals surface area contributed by atoms with E-state index in [-0.39, 0.29) is 11.9 Å². The van der Waals surface area contributed by atoms with Crippen LogP contribution in [0.3, 0.4) is 0 Å². The lowest BCUT2D eigenvalue weighted by Crippen LogP contribution is -2.53. The van der Waals surface area contributed by atoms with E-state index in [9.17, 15) is 4.79 Å². The third-order valence-corrected chi connectivity index (χ3v) is 5.73. The lowest BCUT2D eigenvalue weighted by atomic mass is 10.2. The molecule has 0 aliphatic carbocycles. The maximum atomic E-state index is 12.6. The highest BCUT2D eigenvalue weighted by Gasteiger charge is 2.25. The summed E-state index contributed by atoms with van der Waals surface area (Å²) in [6, 6.07) is 13.7. The summed E-state index contributed by atoms with van der Waals surface area (Å²) in [5, 5.41) is 3.05. The largest absolute Gasteiger partial charge is 0.497 e. The number of carbonyl (C=O) groups excluding carboxylic acids is 1. The van der Waals surface area contributed by atoms with E-state index >= 15 is 0 Å². The second-order valence-corrected chi connectivity index (χ2v) is 7.76. The normalized spacial score (nSPS) is 16.5. The van der Waals surface area contributed by atoms with Gasteiger partial charge in [0.25, 0.3) is 0 Å².